The van der Waals surface area contributed by atoms with E-state index in [1.807, 2.05) is 43.3 Å². The van der Waals surface area contributed by atoms with Crippen molar-refractivity contribution in [3.8, 4) is 11.5 Å². The quantitative estimate of drug-likeness (QED) is 0.578. The van der Waals surface area contributed by atoms with Gasteiger partial charge < -0.3 is 19.3 Å². The van der Waals surface area contributed by atoms with E-state index in [9.17, 15) is 9.59 Å². The Morgan fingerprint density at radius 2 is 1.48 bits per heavy atom. The Labute approximate surface area is 195 Å². The Balaban J connectivity index is 1.53. The number of methoxy groups -OCH3 is 1. The molecule has 7 nitrogen and oxygen atoms in total. The predicted molar refractivity (Wildman–Crippen MR) is 127 cm³/mol. The minimum Gasteiger partial charge on any atom is -0.497 e. The number of carbonyl (C=O) groups is 2. The second kappa shape index (κ2) is 10.1. The Morgan fingerprint density at radius 3 is 2.09 bits per heavy atom. The normalized spacial score (nSPS) is 17.2. The fourth-order valence-electron chi connectivity index (χ4n) is 4.25. The summed E-state index contributed by atoms with van der Waals surface area (Å²) in [6, 6.07) is 15.0. The highest BCUT2D eigenvalue weighted by Gasteiger charge is 2.41. The molecule has 2 aromatic rings. The average Bonchev–Trinajstić information content (AvgIpc) is 3.10. The molecule has 0 atom stereocenters. The van der Waals surface area contributed by atoms with Crippen LogP contribution in [-0.2, 0) is 9.59 Å². The molecule has 174 valence electrons. The van der Waals surface area contributed by atoms with Gasteiger partial charge in [-0.3, -0.25) is 14.5 Å². The number of benzene rings is 2. The molecule has 2 aliphatic rings. The fourth-order valence-corrected chi connectivity index (χ4v) is 4.25. The number of aryl methyl sites for hydroxylation is 1. The van der Waals surface area contributed by atoms with Gasteiger partial charge in [-0.15, -0.1) is 0 Å². The highest BCUT2D eigenvalue weighted by Crippen LogP contribution is 2.32. The van der Waals surface area contributed by atoms with Crippen LogP contribution in [0, 0.1) is 6.92 Å². The molecule has 1 fully saturated rings. The summed E-state index contributed by atoms with van der Waals surface area (Å²) >= 11 is 0. The van der Waals surface area contributed by atoms with Crippen molar-refractivity contribution >= 4 is 17.4 Å². The smallest absolute Gasteiger partial charge is 0.277 e. The summed E-state index contributed by atoms with van der Waals surface area (Å²) < 4.78 is 11.0. The third-order valence-electron chi connectivity index (χ3n) is 6.26. The van der Waals surface area contributed by atoms with Crippen molar-refractivity contribution < 1.29 is 19.1 Å². The highest BCUT2D eigenvalue weighted by molar-refractivity contribution is 6.35. The van der Waals surface area contributed by atoms with Crippen LogP contribution in [-0.4, -0.2) is 79.5 Å². The molecule has 4 rings (SSSR count). The second-order valence-corrected chi connectivity index (χ2v) is 8.30. The maximum Gasteiger partial charge on any atom is 0.277 e. The Kier molecular flexibility index (Phi) is 6.99. The number of piperazine rings is 1. The molecule has 0 aromatic heterocycles. The number of amides is 2. The van der Waals surface area contributed by atoms with E-state index in [1.54, 1.807) is 19.2 Å². The monoisotopic (exact) mass is 449 g/mol. The van der Waals surface area contributed by atoms with Crippen molar-refractivity contribution in [2.75, 3.05) is 53.0 Å². The summed E-state index contributed by atoms with van der Waals surface area (Å²) in [4.78, 5) is 32.6. The third kappa shape index (κ3) is 4.88. The number of hydrogen-bond donors (Lipinski definition) is 0. The molecule has 7 heteroatoms. The molecule has 0 N–H and O–H groups in total. The summed E-state index contributed by atoms with van der Waals surface area (Å²) in [6.45, 7) is 8.77. The fraction of sp³-hybridized carbons (Fsp3) is 0.385. The van der Waals surface area contributed by atoms with E-state index < -0.39 is 0 Å². The number of likely N-dealkylation sites (N-methyl/N-ethyl adjacent to an activating group) is 1. The van der Waals surface area contributed by atoms with E-state index in [2.05, 4.69) is 16.7 Å². The van der Waals surface area contributed by atoms with Crippen LogP contribution in [0.3, 0.4) is 0 Å². The zero-order valence-electron chi connectivity index (χ0n) is 19.5. The first-order valence-corrected chi connectivity index (χ1v) is 11.4. The maximum absolute atomic E-state index is 13.5. The Morgan fingerprint density at radius 1 is 0.848 bits per heavy atom. The van der Waals surface area contributed by atoms with Crippen molar-refractivity contribution in [3.05, 3.63) is 65.4 Å². The summed E-state index contributed by atoms with van der Waals surface area (Å²) in [5.41, 5.74) is 2.91. The summed E-state index contributed by atoms with van der Waals surface area (Å²) in [7, 11) is 1.61. The molecule has 2 amide bonds. The van der Waals surface area contributed by atoms with Crippen LogP contribution in [0.2, 0.25) is 0 Å². The lowest BCUT2D eigenvalue weighted by Crippen LogP contribution is -2.47. The molecular weight excluding hydrogens is 418 g/mol. The number of imide groups is 1. The standard InChI is InChI=1S/C26H31N3O4/c1-4-27-13-15-28(16-14-27)24-23(20-7-5-19(2)6-8-20)25(30)29(26(24)31)17-18-33-22-11-9-21(32-3)10-12-22/h5-12H,4,13-18H2,1-3H3. The molecule has 0 bridgehead atoms. The van der Waals surface area contributed by atoms with Gasteiger partial charge in [0.2, 0.25) is 0 Å². The predicted octanol–water partition coefficient (Wildman–Crippen LogP) is 2.80. The van der Waals surface area contributed by atoms with Gasteiger partial charge in [-0.05, 0) is 43.3 Å². The van der Waals surface area contributed by atoms with E-state index in [0.717, 1.165) is 49.6 Å². The van der Waals surface area contributed by atoms with Gasteiger partial charge in [-0.2, -0.15) is 0 Å². The van der Waals surface area contributed by atoms with Crippen LogP contribution in [0.15, 0.2) is 54.2 Å². The molecule has 1 saturated heterocycles. The molecule has 2 aliphatic heterocycles. The van der Waals surface area contributed by atoms with Crippen LogP contribution in [0.5, 0.6) is 11.5 Å². The topological polar surface area (TPSA) is 62.3 Å². The Hall–Kier alpha value is -3.32. The van der Waals surface area contributed by atoms with Gasteiger partial charge in [0.05, 0.1) is 19.2 Å². The molecular formula is C26H31N3O4. The molecule has 2 heterocycles. The maximum atomic E-state index is 13.5. The van der Waals surface area contributed by atoms with Crippen molar-refractivity contribution in [2.24, 2.45) is 0 Å². The van der Waals surface area contributed by atoms with Crippen molar-refractivity contribution in [3.63, 3.8) is 0 Å². The largest absolute Gasteiger partial charge is 0.497 e. The van der Waals surface area contributed by atoms with Gasteiger partial charge in [-0.1, -0.05) is 36.8 Å². The summed E-state index contributed by atoms with van der Waals surface area (Å²) in [5, 5.41) is 0. The first-order chi connectivity index (χ1) is 16.0. The number of hydrogen-bond acceptors (Lipinski definition) is 6. The first kappa shape index (κ1) is 22.9. The van der Waals surface area contributed by atoms with E-state index >= 15 is 0 Å². The van der Waals surface area contributed by atoms with E-state index in [1.165, 1.54) is 4.90 Å². The minimum absolute atomic E-state index is 0.192. The lowest BCUT2D eigenvalue weighted by Gasteiger charge is -2.36. The average molecular weight is 450 g/mol. The first-order valence-electron chi connectivity index (χ1n) is 11.4. The van der Waals surface area contributed by atoms with Crippen LogP contribution in [0.4, 0.5) is 0 Å². The highest BCUT2D eigenvalue weighted by atomic mass is 16.5. The SMILES string of the molecule is CCN1CCN(C2=C(c3ccc(C)cc3)C(=O)N(CCOc3ccc(OC)cc3)C2=O)CC1. The van der Waals surface area contributed by atoms with Crippen LogP contribution < -0.4 is 9.47 Å². The molecule has 2 aromatic carbocycles. The second-order valence-electron chi connectivity index (χ2n) is 8.30. The number of rotatable bonds is 8. The zero-order valence-corrected chi connectivity index (χ0v) is 19.5. The van der Waals surface area contributed by atoms with Crippen LogP contribution >= 0.6 is 0 Å². The van der Waals surface area contributed by atoms with Crippen LogP contribution in [0.25, 0.3) is 5.57 Å². The minimum atomic E-state index is -0.255. The van der Waals surface area contributed by atoms with Crippen molar-refractivity contribution in [1.29, 1.82) is 0 Å². The van der Waals surface area contributed by atoms with E-state index in [0.29, 0.717) is 17.0 Å². The summed E-state index contributed by atoms with van der Waals surface area (Å²) in [5.74, 6) is 0.915. The lowest BCUT2D eigenvalue weighted by atomic mass is 10.0. The third-order valence-corrected chi connectivity index (χ3v) is 6.26. The van der Waals surface area contributed by atoms with Gasteiger partial charge in [0, 0.05) is 26.2 Å². The van der Waals surface area contributed by atoms with Crippen molar-refractivity contribution in [2.45, 2.75) is 13.8 Å². The van der Waals surface area contributed by atoms with Crippen molar-refractivity contribution in [1.82, 2.24) is 14.7 Å². The molecule has 0 radical (unpaired) electrons. The van der Waals surface area contributed by atoms with Gasteiger partial charge >= 0.3 is 0 Å². The number of ether oxygens (including phenoxy) is 2. The van der Waals surface area contributed by atoms with Gasteiger partial charge in [0.15, 0.2) is 0 Å². The van der Waals surface area contributed by atoms with Gasteiger partial charge in [-0.25, -0.2) is 0 Å². The zero-order chi connectivity index (χ0) is 23.4. The van der Waals surface area contributed by atoms with Gasteiger partial charge in [0.1, 0.15) is 23.8 Å². The van der Waals surface area contributed by atoms with Gasteiger partial charge in [0.25, 0.3) is 11.8 Å². The molecule has 0 aliphatic carbocycles. The molecule has 0 unspecified atom stereocenters. The number of carbonyl (C=O) groups excluding carboxylic acids is 2. The molecule has 0 spiro atoms. The van der Waals surface area contributed by atoms with Crippen LogP contribution in [0.1, 0.15) is 18.1 Å². The van der Waals surface area contributed by atoms with E-state index in [4.69, 9.17) is 9.47 Å². The summed E-state index contributed by atoms with van der Waals surface area (Å²) in [6.07, 6.45) is 0. The molecule has 33 heavy (non-hydrogen) atoms. The lowest BCUT2D eigenvalue weighted by molar-refractivity contribution is -0.138. The Bertz CT molecular complexity index is 1020. The number of nitrogens with zero attached hydrogens (tertiary/aromatic N) is 3. The van der Waals surface area contributed by atoms with E-state index in [-0.39, 0.29) is 25.0 Å². The molecule has 0 saturated carbocycles.